The molecule has 0 radical (unpaired) electrons. The zero-order valence-corrected chi connectivity index (χ0v) is 9.47. The van der Waals surface area contributed by atoms with E-state index in [0.29, 0.717) is 0 Å². The minimum atomic E-state index is -0.628. The second kappa shape index (κ2) is 5.46. The lowest BCUT2D eigenvalue weighted by Crippen LogP contribution is -2.33. The van der Waals surface area contributed by atoms with Gasteiger partial charge < -0.3 is 10.5 Å². The van der Waals surface area contributed by atoms with Crippen molar-refractivity contribution < 1.29 is 13.5 Å². The molecule has 0 aliphatic heterocycles. The van der Waals surface area contributed by atoms with Crippen LogP contribution in [0.4, 0.5) is 8.78 Å². The second-order valence-corrected chi connectivity index (χ2v) is 3.86. The van der Waals surface area contributed by atoms with Gasteiger partial charge in [-0.25, -0.2) is 8.78 Å². The Morgan fingerprint density at radius 1 is 1.12 bits per heavy atom. The van der Waals surface area contributed by atoms with Crippen LogP contribution in [0.5, 0.6) is 5.75 Å². The van der Waals surface area contributed by atoms with Gasteiger partial charge in [0.1, 0.15) is 23.5 Å². The van der Waals surface area contributed by atoms with Gasteiger partial charge in [0.05, 0.1) is 0 Å². The molecule has 2 rings (SSSR count). The number of hydrogen-bond acceptors (Lipinski definition) is 2. The first-order valence-electron chi connectivity index (χ1n) is 5.03. The molecule has 0 spiro atoms. The molecule has 0 amide bonds. The van der Waals surface area contributed by atoms with E-state index in [1.165, 1.54) is 12.1 Å². The average molecular weight is 250 g/mol. The van der Waals surface area contributed by atoms with Crippen LogP contribution in [-0.4, -0.2) is 12.1 Å². The lowest BCUT2D eigenvalue weighted by Gasteiger charge is -2.17. The van der Waals surface area contributed by atoms with E-state index in [4.69, 9.17) is 10.5 Å². The Morgan fingerprint density at radius 3 is 2.25 bits per heavy atom. The van der Waals surface area contributed by atoms with Crippen LogP contribution in [0.2, 0.25) is 0 Å². The molecule has 0 heterocycles. The summed E-state index contributed by atoms with van der Waals surface area (Å²) in [4.78, 5) is 0. The summed E-state index contributed by atoms with van der Waals surface area (Å²) in [6, 6.07) is 3.14. The lowest BCUT2D eigenvalue weighted by molar-refractivity contribution is 0.190. The Kier molecular flexibility index (Phi) is 4.50. The largest absolute Gasteiger partial charge is 0.489 e. The van der Waals surface area contributed by atoms with Gasteiger partial charge in [0, 0.05) is 24.2 Å². The molecular formula is C11H14ClF2NO. The van der Waals surface area contributed by atoms with Crippen LogP contribution in [0, 0.1) is 11.6 Å². The molecule has 5 heteroatoms. The van der Waals surface area contributed by atoms with Gasteiger partial charge in [-0.05, 0) is 19.3 Å². The van der Waals surface area contributed by atoms with E-state index in [2.05, 4.69) is 0 Å². The lowest BCUT2D eigenvalue weighted by atomic mass is 10.2. The van der Waals surface area contributed by atoms with Gasteiger partial charge in [-0.15, -0.1) is 12.4 Å². The Labute approximate surface area is 99.2 Å². The van der Waals surface area contributed by atoms with E-state index in [-0.39, 0.29) is 30.3 Å². The Morgan fingerprint density at radius 2 is 1.75 bits per heavy atom. The molecule has 0 aromatic heterocycles. The van der Waals surface area contributed by atoms with Crippen LogP contribution in [-0.2, 0) is 0 Å². The normalized spacial score (nSPS) is 23.9. The average Bonchev–Trinajstić information content (AvgIpc) is 2.50. The van der Waals surface area contributed by atoms with Crippen LogP contribution in [0.15, 0.2) is 18.2 Å². The summed E-state index contributed by atoms with van der Waals surface area (Å²) >= 11 is 0. The van der Waals surface area contributed by atoms with Crippen LogP contribution in [0.25, 0.3) is 0 Å². The molecule has 0 saturated heterocycles. The summed E-state index contributed by atoms with van der Waals surface area (Å²) in [7, 11) is 0. The maximum atomic E-state index is 12.8. The molecule has 2 N–H and O–H groups in total. The monoisotopic (exact) mass is 249 g/mol. The third-order valence-electron chi connectivity index (χ3n) is 2.63. The molecule has 2 atom stereocenters. The SMILES string of the molecule is Cl.N[C@@H]1CCC[C@@H]1Oc1cc(F)cc(F)c1. The van der Waals surface area contributed by atoms with Gasteiger partial charge in [-0.2, -0.15) is 0 Å². The Hall–Kier alpha value is -0.870. The molecule has 1 aliphatic carbocycles. The highest BCUT2D eigenvalue weighted by molar-refractivity contribution is 5.85. The number of hydrogen-bond donors (Lipinski definition) is 1. The molecule has 1 aromatic carbocycles. The molecule has 0 bridgehead atoms. The van der Waals surface area contributed by atoms with E-state index in [0.717, 1.165) is 25.3 Å². The van der Waals surface area contributed by atoms with Crippen molar-refractivity contribution in [2.75, 3.05) is 0 Å². The van der Waals surface area contributed by atoms with E-state index in [1.807, 2.05) is 0 Å². The maximum Gasteiger partial charge on any atom is 0.129 e. The number of ether oxygens (including phenoxy) is 1. The highest BCUT2D eigenvalue weighted by Gasteiger charge is 2.25. The fourth-order valence-electron chi connectivity index (χ4n) is 1.87. The van der Waals surface area contributed by atoms with Crippen LogP contribution < -0.4 is 10.5 Å². The minimum absolute atomic E-state index is 0. The summed E-state index contributed by atoms with van der Waals surface area (Å²) in [6.45, 7) is 0. The number of halogens is 3. The summed E-state index contributed by atoms with van der Waals surface area (Å²) < 4.78 is 31.1. The van der Waals surface area contributed by atoms with Crippen molar-refractivity contribution in [1.29, 1.82) is 0 Å². The zero-order valence-electron chi connectivity index (χ0n) is 8.66. The Balaban J connectivity index is 0.00000128. The molecule has 1 aromatic rings. The van der Waals surface area contributed by atoms with Crippen molar-refractivity contribution in [3.8, 4) is 5.75 Å². The van der Waals surface area contributed by atoms with E-state index in [1.54, 1.807) is 0 Å². The molecule has 2 nitrogen and oxygen atoms in total. The van der Waals surface area contributed by atoms with Gasteiger partial charge in [-0.3, -0.25) is 0 Å². The quantitative estimate of drug-likeness (QED) is 0.875. The minimum Gasteiger partial charge on any atom is -0.489 e. The van der Waals surface area contributed by atoms with Crippen molar-refractivity contribution in [2.24, 2.45) is 5.73 Å². The number of nitrogens with two attached hydrogens (primary N) is 1. The molecule has 16 heavy (non-hydrogen) atoms. The van der Waals surface area contributed by atoms with Gasteiger partial charge >= 0.3 is 0 Å². The second-order valence-electron chi connectivity index (χ2n) is 3.86. The third kappa shape index (κ3) is 3.06. The number of benzene rings is 1. The highest BCUT2D eigenvalue weighted by Crippen LogP contribution is 2.24. The van der Waals surface area contributed by atoms with Crippen molar-refractivity contribution in [1.82, 2.24) is 0 Å². The topological polar surface area (TPSA) is 35.2 Å². The van der Waals surface area contributed by atoms with Crippen molar-refractivity contribution >= 4 is 12.4 Å². The Bertz CT molecular complexity index is 342. The predicted octanol–water partition coefficient (Wildman–Crippen LogP) is 2.65. The predicted molar refractivity (Wildman–Crippen MR) is 59.8 cm³/mol. The van der Waals surface area contributed by atoms with Crippen molar-refractivity contribution in [3.05, 3.63) is 29.8 Å². The molecule has 1 fully saturated rings. The van der Waals surface area contributed by atoms with E-state index >= 15 is 0 Å². The van der Waals surface area contributed by atoms with Gasteiger partial charge in [0.15, 0.2) is 0 Å². The number of rotatable bonds is 2. The first-order valence-corrected chi connectivity index (χ1v) is 5.03. The fraction of sp³-hybridized carbons (Fsp3) is 0.455. The standard InChI is InChI=1S/C11H13F2NO.ClH/c12-7-4-8(13)6-9(5-7)15-11-3-1-2-10(11)14;/h4-6,10-11H,1-3,14H2;1H/t10-,11+;/m1./s1. The molecular weight excluding hydrogens is 236 g/mol. The van der Waals surface area contributed by atoms with Crippen LogP contribution in [0.3, 0.4) is 0 Å². The van der Waals surface area contributed by atoms with Crippen molar-refractivity contribution in [2.45, 2.75) is 31.4 Å². The van der Waals surface area contributed by atoms with Gasteiger partial charge in [0.2, 0.25) is 0 Å². The summed E-state index contributed by atoms with van der Waals surface area (Å²) in [6.07, 6.45) is 2.64. The fourth-order valence-corrected chi connectivity index (χ4v) is 1.87. The third-order valence-corrected chi connectivity index (χ3v) is 2.63. The van der Waals surface area contributed by atoms with Crippen molar-refractivity contribution in [3.63, 3.8) is 0 Å². The first kappa shape index (κ1) is 13.2. The van der Waals surface area contributed by atoms with E-state index in [9.17, 15) is 8.78 Å². The smallest absolute Gasteiger partial charge is 0.129 e. The molecule has 1 saturated carbocycles. The molecule has 1 aliphatic rings. The summed E-state index contributed by atoms with van der Waals surface area (Å²) in [5.74, 6) is -1.04. The summed E-state index contributed by atoms with van der Waals surface area (Å²) in [5.41, 5.74) is 5.79. The maximum absolute atomic E-state index is 12.8. The van der Waals surface area contributed by atoms with Gasteiger partial charge in [-0.1, -0.05) is 0 Å². The van der Waals surface area contributed by atoms with Crippen LogP contribution >= 0.6 is 12.4 Å². The molecule has 90 valence electrons. The van der Waals surface area contributed by atoms with Crippen LogP contribution in [0.1, 0.15) is 19.3 Å². The zero-order chi connectivity index (χ0) is 10.8. The van der Waals surface area contributed by atoms with E-state index < -0.39 is 11.6 Å². The summed E-state index contributed by atoms with van der Waals surface area (Å²) in [5, 5.41) is 0. The highest BCUT2D eigenvalue weighted by atomic mass is 35.5. The van der Waals surface area contributed by atoms with Gasteiger partial charge in [0.25, 0.3) is 0 Å². The first-order chi connectivity index (χ1) is 7.15. The molecule has 0 unspecified atom stereocenters.